The first-order valence-corrected chi connectivity index (χ1v) is 13.7. The molecule has 0 bridgehead atoms. The Morgan fingerprint density at radius 1 is 0.730 bits per heavy atom. The summed E-state index contributed by atoms with van der Waals surface area (Å²) in [6.07, 6.45) is -2.48. The molecular weight excluding hydrogens is 503 g/mol. The zero-order chi connectivity index (χ0) is 27.3. The van der Waals surface area contributed by atoms with Gasteiger partial charge in [-0.25, -0.2) is 0 Å². The Morgan fingerprint density at radius 3 is 1.73 bits per heavy atom. The molecule has 0 amide bonds. The third kappa shape index (κ3) is 11.9. The standard InChI is InChI=1S/C26H31O10P/c27-23(28)13-11-21(25(30)31)17-37(33,34)18-22(26(32)36-16-20-9-5-2-6-10-20)12-14-24(29)35-15-19-7-3-1-4-8-19/h1-10,21-22H,11-18H2,(H,27,28)(H,30,31)(H,33,34). The first kappa shape index (κ1) is 29.7. The van der Waals surface area contributed by atoms with Crippen LogP contribution in [-0.2, 0) is 46.4 Å². The third-order valence-corrected chi connectivity index (χ3v) is 7.59. The SMILES string of the molecule is O=C(O)CCC(CP(=O)(O)CC(CCC(=O)OCc1ccccc1)C(=O)OCc1ccccc1)C(=O)O. The van der Waals surface area contributed by atoms with Gasteiger partial charge in [0.25, 0.3) is 0 Å². The number of hydrogen-bond donors (Lipinski definition) is 3. The summed E-state index contributed by atoms with van der Waals surface area (Å²) in [4.78, 5) is 57.9. The highest BCUT2D eigenvalue weighted by molar-refractivity contribution is 7.58. The Morgan fingerprint density at radius 2 is 1.22 bits per heavy atom. The van der Waals surface area contributed by atoms with Gasteiger partial charge in [0.15, 0.2) is 0 Å². The lowest BCUT2D eigenvalue weighted by atomic mass is 10.1. The van der Waals surface area contributed by atoms with E-state index in [0.29, 0.717) is 5.56 Å². The lowest BCUT2D eigenvalue weighted by molar-refractivity contribution is -0.150. The average Bonchev–Trinajstić information content (AvgIpc) is 2.87. The lowest BCUT2D eigenvalue weighted by Crippen LogP contribution is -2.26. The van der Waals surface area contributed by atoms with Crippen LogP contribution in [0.3, 0.4) is 0 Å². The van der Waals surface area contributed by atoms with Crippen molar-refractivity contribution in [2.24, 2.45) is 11.8 Å². The highest BCUT2D eigenvalue weighted by Crippen LogP contribution is 2.46. The van der Waals surface area contributed by atoms with Gasteiger partial charge >= 0.3 is 23.9 Å². The fraction of sp³-hybridized carbons (Fsp3) is 0.385. The lowest BCUT2D eigenvalue weighted by Gasteiger charge is -2.21. The van der Waals surface area contributed by atoms with Crippen molar-refractivity contribution >= 4 is 31.2 Å². The molecule has 0 aliphatic rings. The van der Waals surface area contributed by atoms with Crippen molar-refractivity contribution in [3.63, 3.8) is 0 Å². The number of carboxylic acid groups (broad SMARTS) is 2. The molecule has 37 heavy (non-hydrogen) atoms. The summed E-state index contributed by atoms with van der Waals surface area (Å²) >= 11 is 0. The molecule has 0 radical (unpaired) electrons. The number of benzene rings is 2. The summed E-state index contributed by atoms with van der Waals surface area (Å²) in [6, 6.07) is 17.7. The van der Waals surface area contributed by atoms with E-state index >= 15 is 0 Å². The quantitative estimate of drug-likeness (QED) is 0.214. The molecule has 0 aromatic heterocycles. The molecule has 0 aliphatic carbocycles. The molecule has 0 heterocycles. The fourth-order valence-corrected chi connectivity index (χ4v) is 5.78. The van der Waals surface area contributed by atoms with Crippen LogP contribution in [0.2, 0.25) is 0 Å². The molecular formula is C26H31O10P. The van der Waals surface area contributed by atoms with Crippen molar-refractivity contribution in [2.45, 2.75) is 38.9 Å². The zero-order valence-corrected chi connectivity index (χ0v) is 21.1. The highest BCUT2D eigenvalue weighted by atomic mass is 31.2. The zero-order valence-electron chi connectivity index (χ0n) is 20.2. The molecule has 2 aromatic carbocycles. The van der Waals surface area contributed by atoms with Crippen LogP contribution >= 0.6 is 7.37 Å². The Hall–Kier alpha value is -3.49. The summed E-state index contributed by atoms with van der Waals surface area (Å²) in [7, 11) is -4.22. The van der Waals surface area contributed by atoms with Crippen molar-refractivity contribution in [3.8, 4) is 0 Å². The van der Waals surface area contributed by atoms with Crippen LogP contribution in [0.1, 0.15) is 36.8 Å². The van der Waals surface area contributed by atoms with Gasteiger partial charge in [-0.05, 0) is 24.0 Å². The second-order valence-corrected chi connectivity index (χ2v) is 11.1. The normalized spacial score (nSPS) is 14.1. The van der Waals surface area contributed by atoms with Gasteiger partial charge in [0.05, 0.1) is 11.8 Å². The van der Waals surface area contributed by atoms with Crippen LogP contribution in [0.4, 0.5) is 0 Å². The third-order valence-electron chi connectivity index (χ3n) is 5.56. The molecule has 3 atom stereocenters. The van der Waals surface area contributed by atoms with E-state index in [1.807, 2.05) is 6.07 Å². The van der Waals surface area contributed by atoms with Crippen LogP contribution in [0.15, 0.2) is 60.7 Å². The maximum absolute atomic E-state index is 12.9. The van der Waals surface area contributed by atoms with Gasteiger partial charge in [0.1, 0.15) is 13.2 Å². The van der Waals surface area contributed by atoms with E-state index in [2.05, 4.69) is 0 Å². The van der Waals surface area contributed by atoms with E-state index in [9.17, 15) is 33.7 Å². The minimum atomic E-state index is -4.22. The second kappa shape index (κ2) is 14.9. The molecule has 10 nitrogen and oxygen atoms in total. The van der Waals surface area contributed by atoms with Crippen LogP contribution < -0.4 is 0 Å². The van der Waals surface area contributed by atoms with Crippen LogP contribution in [0.25, 0.3) is 0 Å². The number of aliphatic carboxylic acids is 2. The van der Waals surface area contributed by atoms with E-state index < -0.39 is 61.8 Å². The summed E-state index contributed by atoms with van der Waals surface area (Å²) in [5.41, 5.74) is 1.47. The van der Waals surface area contributed by atoms with Crippen molar-refractivity contribution < 1.29 is 48.3 Å². The molecule has 0 spiro atoms. The van der Waals surface area contributed by atoms with Crippen LogP contribution in [0, 0.1) is 11.8 Å². The van der Waals surface area contributed by atoms with E-state index in [4.69, 9.17) is 14.6 Å². The number of ether oxygens (including phenoxy) is 2. The van der Waals surface area contributed by atoms with Crippen LogP contribution in [0.5, 0.6) is 0 Å². The fourth-order valence-electron chi connectivity index (χ4n) is 3.59. The number of hydrogen-bond acceptors (Lipinski definition) is 7. The summed E-state index contributed by atoms with van der Waals surface area (Å²) in [6.45, 7) is -0.0497. The maximum atomic E-state index is 12.9. The molecule has 3 unspecified atom stereocenters. The van der Waals surface area contributed by atoms with E-state index in [-0.39, 0.29) is 32.5 Å². The monoisotopic (exact) mass is 534 g/mol. The molecule has 11 heteroatoms. The van der Waals surface area contributed by atoms with Gasteiger partial charge < -0.3 is 24.6 Å². The van der Waals surface area contributed by atoms with Gasteiger partial charge in [-0.1, -0.05) is 60.7 Å². The number of rotatable bonds is 16. The molecule has 2 rings (SSSR count). The van der Waals surface area contributed by atoms with Crippen molar-refractivity contribution in [1.82, 2.24) is 0 Å². The van der Waals surface area contributed by atoms with Gasteiger partial charge in [-0.3, -0.25) is 23.7 Å². The Kier molecular flexibility index (Phi) is 12.0. The number of carbonyl (C=O) groups is 4. The predicted octanol–water partition coefficient (Wildman–Crippen LogP) is 3.71. The van der Waals surface area contributed by atoms with E-state index in [1.54, 1.807) is 54.6 Å². The maximum Gasteiger partial charge on any atom is 0.309 e. The molecule has 3 N–H and O–H groups in total. The van der Waals surface area contributed by atoms with Gasteiger partial charge in [-0.2, -0.15) is 0 Å². The molecule has 2 aromatic rings. The van der Waals surface area contributed by atoms with E-state index in [1.165, 1.54) is 0 Å². The number of esters is 2. The highest BCUT2D eigenvalue weighted by Gasteiger charge is 2.35. The Bertz CT molecular complexity index is 1090. The molecule has 0 saturated carbocycles. The smallest absolute Gasteiger partial charge is 0.309 e. The summed E-state index contributed by atoms with van der Waals surface area (Å²) in [5, 5.41) is 18.2. The average molecular weight is 534 g/mol. The van der Waals surface area contributed by atoms with Crippen molar-refractivity contribution in [3.05, 3.63) is 71.8 Å². The molecule has 0 aliphatic heterocycles. The summed E-state index contributed by atoms with van der Waals surface area (Å²) in [5.74, 6) is -6.58. The minimum absolute atomic E-state index is 0.0329. The second-order valence-electron chi connectivity index (χ2n) is 8.65. The van der Waals surface area contributed by atoms with Gasteiger partial charge in [-0.15, -0.1) is 0 Å². The van der Waals surface area contributed by atoms with E-state index in [0.717, 1.165) is 5.56 Å². The van der Waals surface area contributed by atoms with Crippen molar-refractivity contribution in [1.29, 1.82) is 0 Å². The first-order valence-electron chi connectivity index (χ1n) is 11.7. The number of carboxylic acids is 2. The minimum Gasteiger partial charge on any atom is -0.481 e. The Labute approximate surface area is 214 Å². The largest absolute Gasteiger partial charge is 0.481 e. The van der Waals surface area contributed by atoms with Gasteiger partial charge in [0, 0.05) is 25.2 Å². The molecule has 0 fully saturated rings. The summed E-state index contributed by atoms with van der Waals surface area (Å²) < 4.78 is 23.5. The first-order chi connectivity index (χ1) is 17.6. The molecule has 200 valence electrons. The topological polar surface area (TPSA) is 164 Å². The van der Waals surface area contributed by atoms with Gasteiger partial charge in [0.2, 0.25) is 7.37 Å². The number of carbonyl (C=O) groups excluding carboxylic acids is 2. The molecule has 0 saturated heterocycles. The predicted molar refractivity (Wildman–Crippen MR) is 133 cm³/mol. The Balaban J connectivity index is 2.04. The van der Waals surface area contributed by atoms with Crippen molar-refractivity contribution in [2.75, 3.05) is 12.3 Å². The van der Waals surface area contributed by atoms with Crippen LogP contribution in [-0.4, -0.2) is 51.3 Å².